The van der Waals surface area contributed by atoms with E-state index in [0.29, 0.717) is 17.0 Å². The number of carbonyl (C=O) groups is 2. The third-order valence-electron chi connectivity index (χ3n) is 4.31. The smallest absolute Gasteiger partial charge is 0.313 e. The largest absolute Gasteiger partial charge is 0.481 e. The van der Waals surface area contributed by atoms with Gasteiger partial charge < -0.3 is 9.84 Å². The van der Waals surface area contributed by atoms with Crippen molar-refractivity contribution in [3.8, 4) is 0 Å². The van der Waals surface area contributed by atoms with Gasteiger partial charge in [-0.3, -0.25) is 14.6 Å². The number of carbonyl (C=O) groups excluding carboxylic acids is 1. The van der Waals surface area contributed by atoms with Crippen LogP contribution >= 0.6 is 22.6 Å². The van der Waals surface area contributed by atoms with Crippen LogP contribution in [0.5, 0.6) is 0 Å². The molecule has 2 aliphatic heterocycles. The molecule has 23 heavy (non-hydrogen) atoms. The van der Waals surface area contributed by atoms with Crippen LogP contribution in [0.3, 0.4) is 0 Å². The van der Waals surface area contributed by atoms with Gasteiger partial charge in [-0.1, -0.05) is 12.1 Å². The quantitative estimate of drug-likeness (QED) is 0.740. The number of ether oxygens (including phenoxy) is 1. The Labute approximate surface area is 147 Å². The van der Waals surface area contributed by atoms with E-state index < -0.39 is 17.8 Å². The van der Waals surface area contributed by atoms with E-state index in [1.54, 1.807) is 6.92 Å². The topological polar surface area (TPSA) is 76.0 Å². The van der Waals surface area contributed by atoms with Gasteiger partial charge >= 0.3 is 5.97 Å². The molecule has 1 aromatic carbocycles. The van der Waals surface area contributed by atoms with Gasteiger partial charge in [-0.05, 0) is 53.6 Å². The number of halogens is 1. The molecule has 5 nitrogen and oxygen atoms in total. The highest BCUT2D eigenvalue weighted by Gasteiger charge is 2.42. The fraction of sp³-hybridized carbons (Fsp3) is 0.353. The lowest BCUT2D eigenvalue weighted by Crippen LogP contribution is -2.38. The zero-order valence-corrected chi connectivity index (χ0v) is 15.0. The predicted molar refractivity (Wildman–Crippen MR) is 93.7 cm³/mol. The van der Waals surface area contributed by atoms with Gasteiger partial charge in [0.25, 0.3) is 0 Å². The van der Waals surface area contributed by atoms with Crippen LogP contribution in [0, 0.1) is 16.4 Å². The Bertz CT molecular complexity index is 766. The average Bonchev–Trinajstić information content (AvgIpc) is 2.48. The minimum absolute atomic E-state index is 0.0147. The number of hydrogen-bond acceptors (Lipinski definition) is 4. The molecule has 0 radical (unpaired) electrons. The highest BCUT2D eigenvalue weighted by molar-refractivity contribution is 14.1. The average molecular weight is 425 g/mol. The molecule has 0 saturated carbocycles. The highest BCUT2D eigenvalue weighted by Crippen LogP contribution is 2.41. The van der Waals surface area contributed by atoms with E-state index in [1.807, 2.05) is 25.1 Å². The molecule has 2 heterocycles. The molecule has 0 spiro atoms. The van der Waals surface area contributed by atoms with Crippen molar-refractivity contribution in [3.63, 3.8) is 0 Å². The van der Waals surface area contributed by atoms with Crippen LogP contribution in [0.4, 0.5) is 0 Å². The minimum Gasteiger partial charge on any atom is -0.481 e. The molecule has 0 aliphatic carbocycles. The molecule has 2 atom stereocenters. The molecule has 1 N–H and O–H groups in total. The molecule has 2 aliphatic rings. The molecule has 0 saturated heterocycles. The van der Waals surface area contributed by atoms with Crippen LogP contribution in [0.1, 0.15) is 24.0 Å². The summed E-state index contributed by atoms with van der Waals surface area (Å²) in [5, 5.41) is 9.69. The molecule has 0 amide bonds. The summed E-state index contributed by atoms with van der Waals surface area (Å²) >= 11 is 2.23. The maximum Gasteiger partial charge on any atom is 0.313 e. The minimum atomic E-state index is -0.960. The number of aliphatic carboxylic acids is 1. The molecule has 3 rings (SSSR count). The van der Waals surface area contributed by atoms with Gasteiger partial charge in [0.05, 0.1) is 12.3 Å². The van der Waals surface area contributed by atoms with Gasteiger partial charge in [0.1, 0.15) is 12.5 Å². The second-order valence-corrected chi connectivity index (χ2v) is 6.99. The van der Waals surface area contributed by atoms with Gasteiger partial charge in [0.15, 0.2) is 5.78 Å². The Balaban J connectivity index is 2.20. The van der Waals surface area contributed by atoms with Crippen LogP contribution in [-0.4, -0.2) is 35.8 Å². The first-order valence-corrected chi connectivity index (χ1v) is 8.36. The second-order valence-electron chi connectivity index (χ2n) is 5.83. The van der Waals surface area contributed by atoms with E-state index in [4.69, 9.17) is 4.74 Å². The van der Waals surface area contributed by atoms with Gasteiger partial charge in [-0.25, -0.2) is 0 Å². The number of nitrogens with zero attached hydrogens (tertiary/aromatic N) is 1. The van der Waals surface area contributed by atoms with Crippen molar-refractivity contribution in [2.24, 2.45) is 10.9 Å². The number of carboxylic acid groups (broad SMARTS) is 1. The third-order valence-corrected chi connectivity index (χ3v) is 5.47. The van der Waals surface area contributed by atoms with Gasteiger partial charge in [0, 0.05) is 20.8 Å². The fourth-order valence-corrected chi connectivity index (χ4v) is 3.71. The summed E-state index contributed by atoms with van der Waals surface area (Å²) in [5.41, 5.74) is 3.53. The van der Waals surface area contributed by atoms with Gasteiger partial charge in [-0.15, -0.1) is 0 Å². The summed E-state index contributed by atoms with van der Waals surface area (Å²) in [6, 6.07) is 5.83. The SMILES string of the molecule is CC1=NC2=C(C(=O)COC2)C(c2ccc(C)c(I)c2)C1C(=O)O. The van der Waals surface area contributed by atoms with Crippen LogP contribution in [0.2, 0.25) is 0 Å². The maximum absolute atomic E-state index is 12.4. The molecule has 0 fully saturated rings. The number of Topliss-reactive ketones (excluding diaryl/α,β-unsaturated/α-hetero) is 1. The Morgan fingerprint density at radius 3 is 2.74 bits per heavy atom. The normalized spacial score (nSPS) is 24.3. The van der Waals surface area contributed by atoms with E-state index in [1.165, 1.54) is 0 Å². The fourth-order valence-electron chi connectivity index (χ4n) is 3.18. The Morgan fingerprint density at radius 1 is 1.35 bits per heavy atom. The number of carboxylic acids is 1. The Hall–Kier alpha value is -1.54. The zero-order chi connectivity index (χ0) is 16.7. The summed E-state index contributed by atoms with van der Waals surface area (Å²) in [6.07, 6.45) is 0. The number of benzene rings is 1. The van der Waals surface area contributed by atoms with Crippen molar-refractivity contribution in [2.45, 2.75) is 19.8 Å². The van der Waals surface area contributed by atoms with E-state index in [2.05, 4.69) is 27.6 Å². The molecule has 1 aromatic rings. The van der Waals surface area contributed by atoms with Crippen molar-refractivity contribution >= 4 is 40.1 Å². The van der Waals surface area contributed by atoms with Crippen LogP contribution in [0.15, 0.2) is 34.5 Å². The molecular formula is C17H16INO4. The predicted octanol–water partition coefficient (Wildman–Crippen LogP) is 2.71. The number of ketones is 1. The van der Waals surface area contributed by atoms with Crippen LogP contribution in [0.25, 0.3) is 0 Å². The molecule has 0 bridgehead atoms. The number of hydrogen-bond donors (Lipinski definition) is 1. The first-order valence-electron chi connectivity index (χ1n) is 7.28. The third kappa shape index (κ3) is 2.85. The van der Waals surface area contributed by atoms with Crippen molar-refractivity contribution in [2.75, 3.05) is 13.2 Å². The van der Waals surface area contributed by atoms with E-state index in [0.717, 1.165) is 14.7 Å². The second kappa shape index (κ2) is 6.16. The first-order chi connectivity index (χ1) is 10.9. The Morgan fingerprint density at radius 2 is 2.09 bits per heavy atom. The monoisotopic (exact) mass is 425 g/mol. The summed E-state index contributed by atoms with van der Waals surface area (Å²) < 4.78 is 6.31. The summed E-state index contributed by atoms with van der Waals surface area (Å²) in [4.78, 5) is 28.6. The van der Waals surface area contributed by atoms with Crippen LogP contribution < -0.4 is 0 Å². The van der Waals surface area contributed by atoms with Gasteiger partial charge in [0.2, 0.25) is 0 Å². The number of aliphatic imine (C=N–C) groups is 1. The van der Waals surface area contributed by atoms with Crippen LogP contribution in [-0.2, 0) is 14.3 Å². The molecular weight excluding hydrogens is 409 g/mol. The molecule has 6 heteroatoms. The highest BCUT2D eigenvalue weighted by atomic mass is 127. The molecule has 0 aromatic heterocycles. The van der Waals surface area contributed by atoms with Crippen molar-refractivity contribution in [3.05, 3.63) is 44.2 Å². The maximum atomic E-state index is 12.4. The van der Waals surface area contributed by atoms with Crippen molar-refractivity contribution in [1.29, 1.82) is 0 Å². The van der Waals surface area contributed by atoms with E-state index in [9.17, 15) is 14.7 Å². The van der Waals surface area contributed by atoms with Gasteiger partial charge in [-0.2, -0.15) is 0 Å². The van der Waals surface area contributed by atoms with Crippen molar-refractivity contribution in [1.82, 2.24) is 0 Å². The molecule has 2 unspecified atom stereocenters. The molecule has 120 valence electrons. The lowest BCUT2D eigenvalue weighted by atomic mass is 9.74. The zero-order valence-electron chi connectivity index (χ0n) is 12.8. The lowest BCUT2D eigenvalue weighted by Gasteiger charge is -2.33. The first kappa shape index (κ1) is 16.3. The lowest BCUT2D eigenvalue weighted by molar-refractivity contribution is -0.139. The summed E-state index contributed by atoms with van der Waals surface area (Å²) in [7, 11) is 0. The summed E-state index contributed by atoms with van der Waals surface area (Å²) in [5.74, 6) is -2.47. The standard InChI is InChI=1S/C17H16INO4/c1-8-3-4-10(5-11(8)18)15-14(17(21)22)9(2)19-12-6-23-7-13(20)16(12)15/h3-5,14-15H,6-7H2,1-2H3,(H,21,22). The number of rotatable bonds is 2. The van der Waals surface area contributed by atoms with Crippen molar-refractivity contribution < 1.29 is 19.4 Å². The summed E-state index contributed by atoms with van der Waals surface area (Å²) in [6.45, 7) is 3.94. The van der Waals surface area contributed by atoms with E-state index >= 15 is 0 Å². The van der Waals surface area contributed by atoms with E-state index in [-0.39, 0.29) is 19.0 Å². The Kier molecular flexibility index (Phi) is 4.37. The number of aryl methyl sites for hydroxylation is 1.